The lowest BCUT2D eigenvalue weighted by Gasteiger charge is -2.33. The van der Waals surface area contributed by atoms with Gasteiger partial charge in [-0.3, -0.25) is 4.90 Å². The zero-order chi connectivity index (χ0) is 22.7. The van der Waals surface area contributed by atoms with E-state index in [-0.39, 0.29) is 5.97 Å². The Kier molecular flexibility index (Phi) is 6.74. The van der Waals surface area contributed by atoms with Crippen molar-refractivity contribution in [2.24, 2.45) is 5.92 Å². The molecule has 2 aliphatic rings. The lowest BCUT2D eigenvalue weighted by molar-refractivity contribution is -0.137. The SMILES string of the molecule is COC(=O)c1ccccc1NCC1CCN(Cc2cc(C(F)(F)F)ccc2C2CC2)CC1. The number of carbonyl (C=O) groups excluding carboxylic acids is 1. The normalized spacial score (nSPS) is 17.9. The summed E-state index contributed by atoms with van der Waals surface area (Å²) in [6.45, 7) is 3.02. The molecule has 4 rings (SSSR count). The molecular formula is C25H29F3N2O2. The largest absolute Gasteiger partial charge is 0.465 e. The number of alkyl halides is 3. The molecule has 7 heteroatoms. The number of methoxy groups -OCH3 is 1. The zero-order valence-electron chi connectivity index (χ0n) is 18.3. The number of esters is 1. The predicted molar refractivity (Wildman–Crippen MR) is 118 cm³/mol. The molecule has 2 aromatic carbocycles. The van der Waals surface area contributed by atoms with Crippen molar-refractivity contribution >= 4 is 11.7 Å². The van der Waals surface area contributed by atoms with Crippen molar-refractivity contribution in [1.82, 2.24) is 4.90 Å². The molecule has 1 saturated heterocycles. The molecule has 0 unspecified atom stereocenters. The Bertz CT molecular complexity index is 948. The van der Waals surface area contributed by atoms with Crippen molar-refractivity contribution in [3.8, 4) is 0 Å². The first-order valence-electron chi connectivity index (χ1n) is 11.2. The van der Waals surface area contributed by atoms with Gasteiger partial charge in [0, 0.05) is 18.8 Å². The van der Waals surface area contributed by atoms with Crippen molar-refractivity contribution in [2.75, 3.05) is 32.1 Å². The van der Waals surface area contributed by atoms with Crippen molar-refractivity contribution in [3.05, 3.63) is 64.7 Å². The number of likely N-dealkylation sites (tertiary alicyclic amines) is 1. The highest BCUT2D eigenvalue weighted by molar-refractivity contribution is 5.95. The first-order chi connectivity index (χ1) is 15.3. The predicted octanol–water partition coefficient (Wildman–Crippen LogP) is 5.69. The fourth-order valence-corrected chi connectivity index (χ4v) is 4.48. The smallest absolute Gasteiger partial charge is 0.416 e. The molecule has 0 spiro atoms. The van der Waals surface area contributed by atoms with Gasteiger partial charge < -0.3 is 10.1 Å². The summed E-state index contributed by atoms with van der Waals surface area (Å²) >= 11 is 0. The van der Waals surface area contributed by atoms with E-state index in [2.05, 4.69) is 10.2 Å². The van der Waals surface area contributed by atoms with E-state index in [9.17, 15) is 18.0 Å². The van der Waals surface area contributed by atoms with Crippen LogP contribution in [-0.4, -0.2) is 37.6 Å². The van der Waals surface area contributed by atoms with E-state index < -0.39 is 11.7 Å². The molecule has 1 aliphatic carbocycles. The van der Waals surface area contributed by atoms with E-state index in [1.807, 2.05) is 12.1 Å². The Morgan fingerprint density at radius 3 is 2.47 bits per heavy atom. The zero-order valence-corrected chi connectivity index (χ0v) is 18.3. The molecule has 4 nitrogen and oxygen atoms in total. The summed E-state index contributed by atoms with van der Waals surface area (Å²) in [5.41, 5.74) is 2.64. The number of nitrogens with one attached hydrogen (secondary N) is 1. The van der Waals surface area contributed by atoms with E-state index >= 15 is 0 Å². The van der Waals surface area contributed by atoms with Gasteiger partial charge in [-0.25, -0.2) is 4.79 Å². The van der Waals surface area contributed by atoms with Crippen LogP contribution in [0.4, 0.5) is 18.9 Å². The van der Waals surface area contributed by atoms with Crippen LogP contribution >= 0.6 is 0 Å². The average Bonchev–Trinajstić information content (AvgIpc) is 3.63. The van der Waals surface area contributed by atoms with Gasteiger partial charge in [0.05, 0.1) is 18.2 Å². The first-order valence-corrected chi connectivity index (χ1v) is 11.2. The van der Waals surface area contributed by atoms with Crippen molar-refractivity contribution in [1.29, 1.82) is 0 Å². The summed E-state index contributed by atoms with van der Waals surface area (Å²) in [4.78, 5) is 14.2. The van der Waals surface area contributed by atoms with E-state index in [0.717, 1.165) is 62.1 Å². The summed E-state index contributed by atoms with van der Waals surface area (Å²) in [5.74, 6) is 0.501. The molecule has 0 aromatic heterocycles. The van der Waals surface area contributed by atoms with Gasteiger partial charge in [0.15, 0.2) is 0 Å². The monoisotopic (exact) mass is 446 g/mol. The average molecular weight is 447 g/mol. The Hall–Kier alpha value is -2.54. The number of rotatable bonds is 7. The molecule has 32 heavy (non-hydrogen) atoms. The highest BCUT2D eigenvalue weighted by Crippen LogP contribution is 2.43. The molecule has 1 saturated carbocycles. The maximum Gasteiger partial charge on any atom is 0.416 e. The number of hydrogen-bond acceptors (Lipinski definition) is 4. The number of piperidine rings is 1. The van der Waals surface area contributed by atoms with E-state index in [4.69, 9.17) is 4.74 Å². The van der Waals surface area contributed by atoms with Crippen LogP contribution in [0.1, 0.15) is 58.6 Å². The number of halogens is 3. The maximum absolute atomic E-state index is 13.2. The fraction of sp³-hybridized carbons (Fsp3) is 0.480. The number of anilines is 1. The van der Waals surface area contributed by atoms with Gasteiger partial charge in [0.1, 0.15) is 0 Å². The van der Waals surface area contributed by atoms with E-state index in [1.54, 1.807) is 18.2 Å². The second kappa shape index (κ2) is 9.53. The molecule has 2 fully saturated rings. The van der Waals surface area contributed by atoms with Crippen LogP contribution in [0.2, 0.25) is 0 Å². The lowest BCUT2D eigenvalue weighted by Crippen LogP contribution is -2.35. The summed E-state index contributed by atoms with van der Waals surface area (Å²) in [5, 5.41) is 3.37. The van der Waals surface area contributed by atoms with Gasteiger partial charge in [-0.1, -0.05) is 18.2 Å². The van der Waals surface area contributed by atoms with Gasteiger partial charge in [-0.2, -0.15) is 13.2 Å². The van der Waals surface area contributed by atoms with Crippen LogP contribution in [0.25, 0.3) is 0 Å². The second-order valence-corrected chi connectivity index (χ2v) is 8.82. The van der Waals surface area contributed by atoms with Crippen LogP contribution in [0.5, 0.6) is 0 Å². The number of para-hydroxylation sites is 1. The van der Waals surface area contributed by atoms with Gasteiger partial charge in [-0.15, -0.1) is 0 Å². The number of hydrogen-bond donors (Lipinski definition) is 1. The first kappa shape index (κ1) is 22.6. The summed E-state index contributed by atoms with van der Waals surface area (Å²) in [6, 6.07) is 11.6. The summed E-state index contributed by atoms with van der Waals surface area (Å²) in [7, 11) is 1.37. The van der Waals surface area contributed by atoms with Crippen LogP contribution in [0.3, 0.4) is 0 Å². The number of carbonyl (C=O) groups is 1. The third kappa shape index (κ3) is 5.44. The topological polar surface area (TPSA) is 41.6 Å². The molecule has 0 atom stereocenters. The van der Waals surface area contributed by atoms with Crippen LogP contribution in [-0.2, 0) is 17.5 Å². The summed E-state index contributed by atoms with van der Waals surface area (Å²) < 4.78 is 44.5. The molecule has 1 aliphatic heterocycles. The molecule has 0 bridgehead atoms. The van der Waals surface area contributed by atoms with E-state index in [1.165, 1.54) is 19.2 Å². The van der Waals surface area contributed by atoms with Gasteiger partial charge in [0.25, 0.3) is 0 Å². The van der Waals surface area contributed by atoms with Gasteiger partial charge in [0.2, 0.25) is 0 Å². The third-order valence-corrected chi connectivity index (χ3v) is 6.50. The summed E-state index contributed by atoms with van der Waals surface area (Å²) in [6.07, 6.45) is -0.246. The van der Waals surface area contributed by atoms with E-state index in [0.29, 0.717) is 23.9 Å². The van der Waals surface area contributed by atoms with Gasteiger partial charge >= 0.3 is 12.1 Å². The van der Waals surface area contributed by atoms with Crippen molar-refractivity contribution in [2.45, 2.75) is 44.3 Å². The highest BCUT2D eigenvalue weighted by Gasteiger charge is 2.33. The Morgan fingerprint density at radius 2 is 1.81 bits per heavy atom. The lowest BCUT2D eigenvalue weighted by atomic mass is 9.94. The molecule has 0 radical (unpaired) electrons. The fourth-order valence-electron chi connectivity index (χ4n) is 4.48. The van der Waals surface area contributed by atoms with Crippen LogP contribution in [0, 0.1) is 5.92 Å². The minimum absolute atomic E-state index is 0.365. The third-order valence-electron chi connectivity index (χ3n) is 6.50. The minimum Gasteiger partial charge on any atom is -0.465 e. The van der Waals surface area contributed by atoms with Crippen molar-refractivity contribution < 1.29 is 22.7 Å². The van der Waals surface area contributed by atoms with Crippen molar-refractivity contribution in [3.63, 3.8) is 0 Å². The molecule has 2 aromatic rings. The Balaban J connectivity index is 1.34. The molecule has 1 N–H and O–H groups in total. The highest BCUT2D eigenvalue weighted by atomic mass is 19.4. The number of nitrogens with zero attached hydrogens (tertiary/aromatic N) is 1. The van der Waals surface area contributed by atoms with Crippen LogP contribution < -0.4 is 5.32 Å². The quantitative estimate of drug-likeness (QED) is 0.555. The maximum atomic E-state index is 13.2. The second-order valence-electron chi connectivity index (χ2n) is 8.82. The van der Waals surface area contributed by atoms with Gasteiger partial charge in [-0.05, 0) is 86.0 Å². The number of benzene rings is 2. The molecule has 172 valence electrons. The molecular weight excluding hydrogens is 417 g/mol. The molecule has 0 amide bonds. The Morgan fingerprint density at radius 1 is 1.09 bits per heavy atom. The Labute approximate surface area is 186 Å². The standard InChI is InChI=1S/C25H29F3N2O2/c1-32-24(31)22-4-2-3-5-23(22)29-15-17-10-12-30(13-11-17)16-19-14-20(25(26,27)28)8-9-21(19)18-6-7-18/h2-5,8-9,14,17-18,29H,6-7,10-13,15-16H2,1H3. The number of ether oxygens (including phenoxy) is 1. The van der Waals surface area contributed by atoms with Crippen LogP contribution in [0.15, 0.2) is 42.5 Å². The minimum atomic E-state index is -4.31. The molecule has 1 heterocycles.